The zero-order valence-electron chi connectivity index (χ0n) is 9.54. The highest BCUT2D eigenvalue weighted by Gasteiger charge is 2.15. The van der Waals surface area contributed by atoms with Gasteiger partial charge >= 0.3 is 12.1 Å². The fourth-order valence-electron chi connectivity index (χ4n) is 1.14. The molecule has 17 heavy (non-hydrogen) atoms. The standard InChI is InChI=1S/C11H13NO5/c1-12(7-10(13)14)11(15)17-9-6-4-3-5-8(9)16-2/h3-6H,7H2,1-2H3,(H,13,14). The summed E-state index contributed by atoms with van der Waals surface area (Å²) in [5, 5.41) is 8.53. The first-order chi connectivity index (χ1) is 8.04. The second-order valence-corrected chi connectivity index (χ2v) is 3.27. The maximum Gasteiger partial charge on any atom is 0.415 e. The molecule has 0 spiro atoms. The van der Waals surface area contributed by atoms with E-state index in [2.05, 4.69) is 0 Å². The molecular weight excluding hydrogens is 226 g/mol. The van der Waals surface area contributed by atoms with Crippen molar-refractivity contribution in [2.24, 2.45) is 0 Å². The van der Waals surface area contributed by atoms with Gasteiger partial charge in [-0.15, -0.1) is 0 Å². The number of amides is 1. The van der Waals surface area contributed by atoms with Gasteiger partial charge in [-0.2, -0.15) is 0 Å². The molecule has 1 amide bonds. The van der Waals surface area contributed by atoms with Crippen LogP contribution in [-0.2, 0) is 4.79 Å². The molecule has 0 saturated carbocycles. The largest absolute Gasteiger partial charge is 0.493 e. The summed E-state index contributed by atoms with van der Waals surface area (Å²) in [6.07, 6.45) is -0.753. The zero-order valence-corrected chi connectivity index (χ0v) is 9.54. The summed E-state index contributed by atoms with van der Waals surface area (Å²) >= 11 is 0. The number of aliphatic carboxylic acids is 1. The number of para-hydroxylation sites is 2. The predicted octanol–water partition coefficient (Wildman–Crippen LogP) is 1.21. The van der Waals surface area contributed by atoms with Crippen LogP contribution in [0.3, 0.4) is 0 Å². The minimum absolute atomic E-state index is 0.247. The van der Waals surface area contributed by atoms with Gasteiger partial charge in [-0.1, -0.05) is 12.1 Å². The molecule has 0 heterocycles. The van der Waals surface area contributed by atoms with Crippen molar-refractivity contribution >= 4 is 12.1 Å². The number of carbonyl (C=O) groups excluding carboxylic acids is 1. The Labute approximate surface area is 98.4 Å². The van der Waals surface area contributed by atoms with Crippen molar-refractivity contribution in [1.82, 2.24) is 4.90 Å². The summed E-state index contributed by atoms with van der Waals surface area (Å²) in [5.41, 5.74) is 0. The van der Waals surface area contributed by atoms with Gasteiger partial charge in [0, 0.05) is 7.05 Å². The van der Waals surface area contributed by atoms with Gasteiger partial charge in [0.15, 0.2) is 11.5 Å². The van der Waals surface area contributed by atoms with Gasteiger partial charge in [-0.05, 0) is 12.1 Å². The van der Waals surface area contributed by atoms with E-state index in [4.69, 9.17) is 14.6 Å². The van der Waals surface area contributed by atoms with Crippen molar-refractivity contribution in [2.45, 2.75) is 0 Å². The van der Waals surface area contributed by atoms with Crippen LogP contribution in [0, 0.1) is 0 Å². The summed E-state index contributed by atoms with van der Waals surface area (Å²) in [5.74, 6) is -0.453. The van der Waals surface area contributed by atoms with Crippen LogP contribution in [0.4, 0.5) is 4.79 Å². The number of nitrogens with zero attached hydrogens (tertiary/aromatic N) is 1. The Balaban J connectivity index is 2.70. The fourth-order valence-corrected chi connectivity index (χ4v) is 1.14. The number of hydrogen-bond acceptors (Lipinski definition) is 4. The molecule has 6 heteroatoms. The van der Waals surface area contributed by atoms with Gasteiger partial charge in [-0.25, -0.2) is 4.79 Å². The monoisotopic (exact) mass is 239 g/mol. The Morgan fingerprint density at radius 1 is 1.29 bits per heavy atom. The molecule has 0 aliphatic rings. The zero-order chi connectivity index (χ0) is 12.8. The molecule has 0 fully saturated rings. The number of carboxylic acid groups (broad SMARTS) is 1. The summed E-state index contributed by atoms with van der Waals surface area (Å²) in [6.45, 7) is -0.423. The highest BCUT2D eigenvalue weighted by atomic mass is 16.6. The minimum Gasteiger partial charge on any atom is -0.493 e. The average molecular weight is 239 g/mol. The highest BCUT2D eigenvalue weighted by Crippen LogP contribution is 2.26. The molecule has 0 aromatic heterocycles. The molecule has 1 aromatic rings. The fraction of sp³-hybridized carbons (Fsp3) is 0.273. The molecule has 0 unspecified atom stereocenters. The summed E-state index contributed by atoms with van der Waals surface area (Å²) < 4.78 is 9.99. The Morgan fingerprint density at radius 3 is 2.41 bits per heavy atom. The van der Waals surface area contributed by atoms with Crippen LogP contribution < -0.4 is 9.47 Å². The Hall–Kier alpha value is -2.24. The Morgan fingerprint density at radius 2 is 1.88 bits per heavy atom. The SMILES string of the molecule is COc1ccccc1OC(=O)N(C)CC(=O)O. The van der Waals surface area contributed by atoms with E-state index >= 15 is 0 Å². The molecular formula is C11H13NO5. The predicted molar refractivity (Wildman–Crippen MR) is 59.3 cm³/mol. The number of rotatable bonds is 4. The molecule has 1 rings (SSSR count). The van der Waals surface area contributed by atoms with Crippen LogP contribution in [0.15, 0.2) is 24.3 Å². The number of hydrogen-bond donors (Lipinski definition) is 1. The van der Waals surface area contributed by atoms with Gasteiger partial charge in [0.05, 0.1) is 7.11 Å². The number of ether oxygens (including phenoxy) is 2. The van der Waals surface area contributed by atoms with Crippen molar-refractivity contribution in [3.05, 3.63) is 24.3 Å². The third kappa shape index (κ3) is 3.67. The van der Waals surface area contributed by atoms with Crippen LogP contribution in [-0.4, -0.2) is 42.8 Å². The van der Waals surface area contributed by atoms with Crippen LogP contribution in [0.5, 0.6) is 11.5 Å². The number of likely N-dealkylation sites (N-methyl/N-ethyl adjacent to an activating group) is 1. The van der Waals surface area contributed by atoms with E-state index in [0.29, 0.717) is 5.75 Å². The highest BCUT2D eigenvalue weighted by molar-refractivity contribution is 5.78. The van der Waals surface area contributed by atoms with Gasteiger partial charge in [0.2, 0.25) is 0 Å². The Bertz CT molecular complexity index is 418. The lowest BCUT2D eigenvalue weighted by Gasteiger charge is -2.15. The van der Waals surface area contributed by atoms with Crippen LogP contribution in [0.25, 0.3) is 0 Å². The first kappa shape index (κ1) is 12.8. The molecule has 0 radical (unpaired) electrons. The number of carbonyl (C=O) groups is 2. The third-order valence-electron chi connectivity index (χ3n) is 1.95. The molecule has 0 aliphatic carbocycles. The number of benzene rings is 1. The van der Waals surface area contributed by atoms with E-state index in [0.717, 1.165) is 4.90 Å². The molecule has 1 N–H and O–H groups in total. The van der Waals surface area contributed by atoms with Crippen molar-refractivity contribution in [2.75, 3.05) is 20.7 Å². The smallest absolute Gasteiger partial charge is 0.415 e. The first-order valence-electron chi connectivity index (χ1n) is 4.82. The Kier molecular flexibility index (Phi) is 4.33. The molecule has 0 bridgehead atoms. The van der Waals surface area contributed by atoms with Crippen molar-refractivity contribution in [3.63, 3.8) is 0 Å². The second kappa shape index (κ2) is 5.74. The van der Waals surface area contributed by atoms with Gasteiger partial charge in [0.25, 0.3) is 0 Å². The van der Waals surface area contributed by atoms with E-state index in [-0.39, 0.29) is 5.75 Å². The molecule has 0 atom stereocenters. The molecule has 6 nitrogen and oxygen atoms in total. The summed E-state index contributed by atoms with van der Waals surface area (Å²) in [7, 11) is 2.79. The first-order valence-corrected chi connectivity index (χ1v) is 4.82. The third-order valence-corrected chi connectivity index (χ3v) is 1.95. The second-order valence-electron chi connectivity index (χ2n) is 3.27. The van der Waals surface area contributed by atoms with Gasteiger partial charge in [0.1, 0.15) is 6.54 Å². The topological polar surface area (TPSA) is 76.1 Å². The maximum absolute atomic E-state index is 11.5. The summed E-state index contributed by atoms with van der Waals surface area (Å²) in [6, 6.07) is 6.62. The van der Waals surface area contributed by atoms with E-state index in [1.54, 1.807) is 24.3 Å². The quantitative estimate of drug-likeness (QED) is 0.854. The van der Waals surface area contributed by atoms with Gasteiger partial charge in [-0.3, -0.25) is 9.69 Å². The van der Waals surface area contributed by atoms with E-state index in [9.17, 15) is 9.59 Å². The number of carboxylic acids is 1. The van der Waals surface area contributed by atoms with Gasteiger partial charge < -0.3 is 14.6 Å². The molecule has 92 valence electrons. The average Bonchev–Trinajstić information content (AvgIpc) is 2.28. The van der Waals surface area contributed by atoms with Crippen LogP contribution in [0.1, 0.15) is 0 Å². The van der Waals surface area contributed by atoms with Crippen molar-refractivity contribution in [1.29, 1.82) is 0 Å². The van der Waals surface area contributed by atoms with Crippen molar-refractivity contribution < 1.29 is 24.2 Å². The maximum atomic E-state index is 11.5. The van der Waals surface area contributed by atoms with Crippen molar-refractivity contribution in [3.8, 4) is 11.5 Å². The van der Waals surface area contributed by atoms with Crippen LogP contribution >= 0.6 is 0 Å². The summed E-state index contributed by atoms with van der Waals surface area (Å²) in [4.78, 5) is 22.9. The molecule has 1 aromatic carbocycles. The van der Waals surface area contributed by atoms with Crippen LogP contribution in [0.2, 0.25) is 0 Å². The lowest BCUT2D eigenvalue weighted by atomic mass is 10.3. The molecule has 0 aliphatic heterocycles. The lowest BCUT2D eigenvalue weighted by molar-refractivity contribution is -0.137. The van der Waals surface area contributed by atoms with E-state index in [1.807, 2.05) is 0 Å². The molecule has 0 saturated heterocycles. The number of methoxy groups -OCH3 is 1. The van der Waals surface area contributed by atoms with E-state index < -0.39 is 18.6 Å². The minimum atomic E-state index is -1.11. The van der Waals surface area contributed by atoms with E-state index in [1.165, 1.54) is 14.2 Å². The lowest BCUT2D eigenvalue weighted by Crippen LogP contribution is -2.34. The normalized spacial score (nSPS) is 9.53.